The molecule has 3 aromatic carbocycles. The van der Waals surface area contributed by atoms with Crippen molar-refractivity contribution in [3.05, 3.63) is 94.8 Å². The van der Waals surface area contributed by atoms with Crippen LogP contribution in [0.2, 0.25) is 0 Å². The van der Waals surface area contributed by atoms with Crippen LogP contribution in [0.5, 0.6) is 0 Å². The van der Waals surface area contributed by atoms with E-state index < -0.39 is 15.8 Å². The van der Waals surface area contributed by atoms with Crippen LogP contribution in [0, 0.1) is 5.82 Å². The first-order valence-corrected chi connectivity index (χ1v) is 13.2. The number of halogens is 1. The zero-order valence-corrected chi connectivity index (χ0v) is 21.1. The van der Waals surface area contributed by atoms with Crippen molar-refractivity contribution < 1.29 is 12.8 Å². The van der Waals surface area contributed by atoms with Gasteiger partial charge in [-0.15, -0.1) is 0 Å². The van der Waals surface area contributed by atoms with Gasteiger partial charge < -0.3 is 0 Å². The van der Waals surface area contributed by atoms with Gasteiger partial charge in [0.05, 0.1) is 4.90 Å². The molecule has 4 nitrogen and oxygen atoms in total. The molecule has 1 heterocycles. The van der Waals surface area contributed by atoms with E-state index in [1.807, 2.05) is 6.07 Å². The smallest absolute Gasteiger partial charge is 0.261 e. The van der Waals surface area contributed by atoms with Crippen LogP contribution in [0.4, 0.5) is 10.1 Å². The van der Waals surface area contributed by atoms with Gasteiger partial charge in [0.25, 0.3) is 10.0 Å². The number of anilines is 1. The van der Waals surface area contributed by atoms with Gasteiger partial charge in [0.15, 0.2) is 0 Å². The molecule has 180 valence electrons. The highest BCUT2D eigenvalue weighted by Gasteiger charge is 2.24. The lowest BCUT2D eigenvalue weighted by atomic mass is 9.86. The maximum atomic E-state index is 13.2. The van der Waals surface area contributed by atoms with Crippen LogP contribution in [0.15, 0.2) is 71.6 Å². The van der Waals surface area contributed by atoms with Crippen molar-refractivity contribution in [3.8, 4) is 0 Å². The summed E-state index contributed by atoms with van der Waals surface area (Å²) in [6, 6.07) is 19.9. The lowest BCUT2D eigenvalue weighted by Gasteiger charge is -2.34. The second-order valence-corrected chi connectivity index (χ2v) is 11.9. The van der Waals surface area contributed by atoms with Crippen LogP contribution < -0.4 is 4.72 Å². The van der Waals surface area contributed by atoms with E-state index in [1.54, 1.807) is 12.1 Å². The molecule has 3 aromatic rings. The molecule has 1 N–H and O–H groups in total. The van der Waals surface area contributed by atoms with Crippen molar-refractivity contribution in [1.82, 2.24) is 4.90 Å². The fourth-order valence-corrected chi connectivity index (χ4v) is 5.55. The lowest BCUT2D eigenvalue weighted by Crippen LogP contribution is -2.38. The van der Waals surface area contributed by atoms with Gasteiger partial charge in [-0.1, -0.05) is 51.1 Å². The van der Waals surface area contributed by atoms with E-state index in [4.69, 9.17) is 0 Å². The average Bonchev–Trinajstić information content (AvgIpc) is 2.79. The molecule has 0 saturated carbocycles. The fourth-order valence-electron chi connectivity index (χ4n) is 4.44. The summed E-state index contributed by atoms with van der Waals surface area (Å²) in [7, 11) is -3.75. The molecule has 0 radical (unpaired) electrons. The molecule has 0 bridgehead atoms. The number of rotatable bonds is 6. The van der Waals surface area contributed by atoms with Crippen molar-refractivity contribution >= 4 is 15.7 Å². The van der Waals surface area contributed by atoms with Gasteiger partial charge in [0.1, 0.15) is 5.82 Å². The topological polar surface area (TPSA) is 49.4 Å². The highest BCUT2D eigenvalue weighted by Crippen LogP contribution is 2.27. The van der Waals surface area contributed by atoms with Gasteiger partial charge in [-0.25, -0.2) is 12.8 Å². The summed E-state index contributed by atoms with van der Waals surface area (Å²) in [5, 5.41) is 0. The molecule has 0 spiro atoms. The second kappa shape index (κ2) is 9.51. The first-order chi connectivity index (χ1) is 16.0. The predicted molar refractivity (Wildman–Crippen MR) is 136 cm³/mol. The summed E-state index contributed by atoms with van der Waals surface area (Å²) in [6.45, 7) is 10.6. The standard InChI is InChI=1S/C28H33FN2O2S/c1-20(17-21-5-8-24(9-6-21)28(2,3)4)31-16-15-22-7-14-27(18-23(22)19-31)34(32,33)30-26-12-10-25(29)11-13-26/h5-14,18,20,30H,15-17,19H2,1-4H3. The molecule has 34 heavy (non-hydrogen) atoms. The summed E-state index contributed by atoms with van der Waals surface area (Å²) in [5.41, 5.74) is 5.36. The summed E-state index contributed by atoms with van der Waals surface area (Å²) < 4.78 is 41.5. The predicted octanol–water partition coefficient (Wildman–Crippen LogP) is 5.91. The molecule has 6 heteroatoms. The number of benzene rings is 3. The molecule has 1 aliphatic rings. The van der Waals surface area contributed by atoms with Crippen LogP contribution in [0.1, 0.15) is 49.9 Å². The van der Waals surface area contributed by atoms with E-state index in [0.29, 0.717) is 11.7 Å². The molecule has 0 amide bonds. The van der Waals surface area contributed by atoms with Crippen LogP contribution in [-0.4, -0.2) is 25.9 Å². The normalized spacial score (nSPS) is 15.6. The lowest BCUT2D eigenvalue weighted by molar-refractivity contribution is 0.189. The summed E-state index contributed by atoms with van der Waals surface area (Å²) in [6.07, 6.45) is 1.85. The third kappa shape index (κ3) is 5.68. The molecule has 4 rings (SSSR count). The Bertz CT molecular complexity index is 1250. The Kier molecular flexibility index (Phi) is 6.83. The van der Waals surface area contributed by atoms with E-state index in [0.717, 1.165) is 31.5 Å². The minimum absolute atomic E-state index is 0.143. The molecular weight excluding hydrogens is 447 g/mol. The number of hydrogen-bond acceptors (Lipinski definition) is 3. The Morgan fingerprint density at radius 1 is 0.971 bits per heavy atom. The number of sulfonamides is 1. The minimum atomic E-state index is -3.75. The quantitative estimate of drug-likeness (QED) is 0.477. The van der Waals surface area contributed by atoms with E-state index >= 15 is 0 Å². The number of nitrogens with one attached hydrogen (secondary N) is 1. The monoisotopic (exact) mass is 480 g/mol. The molecule has 0 saturated heterocycles. The van der Waals surface area contributed by atoms with Gasteiger partial charge >= 0.3 is 0 Å². The highest BCUT2D eigenvalue weighted by molar-refractivity contribution is 7.92. The van der Waals surface area contributed by atoms with E-state index in [9.17, 15) is 12.8 Å². The van der Waals surface area contributed by atoms with Gasteiger partial charge in [0.2, 0.25) is 0 Å². The van der Waals surface area contributed by atoms with Crippen molar-refractivity contribution in [1.29, 1.82) is 0 Å². The van der Waals surface area contributed by atoms with Gasteiger partial charge in [-0.3, -0.25) is 9.62 Å². The van der Waals surface area contributed by atoms with Crippen LogP contribution in [-0.2, 0) is 34.8 Å². The Labute approximate surface area is 202 Å². The number of hydrogen-bond donors (Lipinski definition) is 1. The summed E-state index contributed by atoms with van der Waals surface area (Å²) >= 11 is 0. The first-order valence-electron chi connectivity index (χ1n) is 11.7. The van der Waals surface area contributed by atoms with Gasteiger partial charge in [-0.2, -0.15) is 0 Å². The van der Waals surface area contributed by atoms with Crippen molar-refractivity contribution in [2.75, 3.05) is 11.3 Å². The van der Waals surface area contributed by atoms with Crippen molar-refractivity contribution in [2.24, 2.45) is 0 Å². The fraction of sp³-hybridized carbons (Fsp3) is 0.357. The SMILES string of the molecule is CC(Cc1ccc(C(C)(C)C)cc1)N1CCc2ccc(S(=O)(=O)Nc3ccc(F)cc3)cc2C1. The maximum Gasteiger partial charge on any atom is 0.261 e. The van der Waals surface area contributed by atoms with Crippen LogP contribution in [0.3, 0.4) is 0 Å². The van der Waals surface area contributed by atoms with Crippen molar-refractivity contribution in [3.63, 3.8) is 0 Å². The molecule has 1 unspecified atom stereocenters. The minimum Gasteiger partial charge on any atom is -0.296 e. The average molecular weight is 481 g/mol. The summed E-state index contributed by atoms with van der Waals surface area (Å²) in [4.78, 5) is 2.65. The third-order valence-corrected chi connectivity index (χ3v) is 7.98. The van der Waals surface area contributed by atoms with E-state index in [1.165, 1.54) is 41.0 Å². The van der Waals surface area contributed by atoms with Crippen LogP contribution >= 0.6 is 0 Å². The first kappa shape index (κ1) is 24.4. The molecule has 0 fully saturated rings. The Morgan fingerprint density at radius 2 is 1.65 bits per heavy atom. The van der Waals surface area contributed by atoms with E-state index in [2.05, 4.69) is 61.6 Å². The van der Waals surface area contributed by atoms with Gasteiger partial charge in [-0.05, 0) is 83.8 Å². The summed E-state index contributed by atoms with van der Waals surface area (Å²) in [5.74, 6) is -0.406. The second-order valence-electron chi connectivity index (χ2n) is 10.3. The molecular formula is C28H33FN2O2S. The Hall–Kier alpha value is -2.70. The zero-order chi connectivity index (χ0) is 24.5. The maximum absolute atomic E-state index is 13.2. The Balaban J connectivity index is 1.46. The Morgan fingerprint density at radius 3 is 2.29 bits per heavy atom. The third-order valence-electron chi connectivity index (χ3n) is 6.60. The largest absolute Gasteiger partial charge is 0.296 e. The molecule has 1 aliphatic heterocycles. The van der Waals surface area contributed by atoms with Crippen molar-refractivity contribution in [2.45, 2.75) is 63.4 Å². The molecule has 0 aliphatic carbocycles. The number of nitrogens with zero attached hydrogens (tertiary/aromatic N) is 1. The van der Waals surface area contributed by atoms with Gasteiger partial charge in [0, 0.05) is 24.8 Å². The highest BCUT2D eigenvalue weighted by atomic mass is 32.2. The zero-order valence-electron chi connectivity index (χ0n) is 20.3. The van der Waals surface area contributed by atoms with E-state index in [-0.39, 0.29) is 10.3 Å². The van der Waals surface area contributed by atoms with Crippen LogP contribution in [0.25, 0.3) is 0 Å². The molecule has 0 aromatic heterocycles. The molecule has 1 atom stereocenters. The number of fused-ring (bicyclic) bond motifs is 1.